The summed E-state index contributed by atoms with van der Waals surface area (Å²) < 4.78 is 105. The summed E-state index contributed by atoms with van der Waals surface area (Å²) in [6.45, 7) is -10.7. The number of anilines is 1. The fourth-order valence-corrected chi connectivity index (χ4v) is 3.86. The van der Waals surface area contributed by atoms with Crippen LogP contribution in [0.4, 0.5) is 5.69 Å². The van der Waals surface area contributed by atoms with Crippen LogP contribution in [0.5, 0.6) is 5.75 Å². The minimum absolute atomic E-state index is 0.0508. The predicted molar refractivity (Wildman–Crippen MR) is 137 cm³/mol. The fourth-order valence-electron chi connectivity index (χ4n) is 3.30. The predicted octanol–water partition coefficient (Wildman–Crippen LogP) is 4.86. The second-order valence-electron chi connectivity index (χ2n) is 7.44. The van der Waals surface area contributed by atoms with E-state index in [2.05, 4.69) is 4.72 Å². The van der Waals surface area contributed by atoms with Gasteiger partial charge in [0.1, 0.15) is 5.75 Å². The number of methoxy groups -OCH3 is 1. The molecule has 0 aromatic heterocycles. The van der Waals surface area contributed by atoms with Gasteiger partial charge in [0, 0.05) is 41.1 Å². The van der Waals surface area contributed by atoms with Gasteiger partial charge in [-0.25, -0.2) is 8.42 Å². The van der Waals surface area contributed by atoms with E-state index in [-0.39, 0.29) is 40.8 Å². The summed E-state index contributed by atoms with van der Waals surface area (Å²) in [7, 11) is -2.32. The van der Waals surface area contributed by atoms with Gasteiger partial charge in [-0.1, -0.05) is 63.1 Å². The van der Waals surface area contributed by atoms with Crippen LogP contribution in [0.2, 0.25) is 0 Å². The molecule has 0 saturated heterocycles. The molecule has 0 spiro atoms. The van der Waals surface area contributed by atoms with Crippen molar-refractivity contribution in [1.82, 2.24) is 0 Å². The van der Waals surface area contributed by atoms with Gasteiger partial charge in [-0.15, -0.1) is 0 Å². The lowest BCUT2D eigenvalue weighted by molar-refractivity contribution is -0.191. The van der Waals surface area contributed by atoms with Gasteiger partial charge in [0.2, 0.25) is 10.0 Å². The first-order valence-corrected chi connectivity index (χ1v) is 11.9. The van der Waals surface area contributed by atoms with Gasteiger partial charge in [0.15, 0.2) is 5.78 Å². The third-order valence-corrected chi connectivity index (χ3v) is 5.32. The van der Waals surface area contributed by atoms with E-state index in [9.17, 15) is 13.2 Å². The lowest BCUT2D eigenvalue weighted by Gasteiger charge is -2.25. The van der Waals surface area contributed by atoms with Crippen LogP contribution in [0.3, 0.4) is 0 Å². The SMILES string of the molecule is O=C=O.[2H]C([2H])([2H])C(c1cc(C2=CC=CCC2=O)cc(/C=C/c2ccc(NS(C)(=O)=O)cc2)c1OC)(C([2H])([2H])[2H])C([2H])([2H])[2H]. The lowest BCUT2D eigenvalue weighted by Crippen LogP contribution is -2.15. The van der Waals surface area contributed by atoms with Gasteiger partial charge in [0.25, 0.3) is 0 Å². The molecule has 0 heterocycles. The summed E-state index contributed by atoms with van der Waals surface area (Å²) >= 11 is 0. The second kappa shape index (κ2) is 11.6. The molecule has 1 aliphatic rings. The van der Waals surface area contributed by atoms with Crippen molar-refractivity contribution in [3.63, 3.8) is 0 Å². The molecule has 1 aliphatic carbocycles. The Morgan fingerprint density at radius 3 is 2.31 bits per heavy atom. The first-order chi connectivity index (χ1) is 20.1. The van der Waals surface area contributed by atoms with Gasteiger partial charge >= 0.3 is 6.15 Å². The van der Waals surface area contributed by atoms with Crippen molar-refractivity contribution in [2.24, 2.45) is 0 Å². The summed E-state index contributed by atoms with van der Waals surface area (Å²) in [6.07, 6.45) is 9.07. The molecule has 0 aliphatic heterocycles. The highest BCUT2D eigenvalue weighted by atomic mass is 32.2. The van der Waals surface area contributed by atoms with Crippen LogP contribution in [0.1, 0.15) is 61.6 Å². The molecule has 2 aromatic rings. The van der Waals surface area contributed by atoms with Crippen LogP contribution in [-0.4, -0.2) is 33.7 Å². The molecule has 35 heavy (non-hydrogen) atoms. The Morgan fingerprint density at radius 1 is 1.11 bits per heavy atom. The number of nitrogens with one attached hydrogen (secondary N) is 1. The first-order valence-electron chi connectivity index (χ1n) is 14.5. The zero-order valence-corrected chi connectivity index (χ0v) is 19.7. The van der Waals surface area contributed by atoms with Crippen molar-refractivity contribution in [1.29, 1.82) is 0 Å². The van der Waals surface area contributed by atoms with Crippen LogP contribution in [0.15, 0.2) is 54.6 Å². The van der Waals surface area contributed by atoms with E-state index < -0.39 is 41.6 Å². The number of hydrogen-bond donors (Lipinski definition) is 1. The quantitative estimate of drug-likeness (QED) is 0.563. The van der Waals surface area contributed by atoms with Crippen LogP contribution >= 0.6 is 0 Å². The number of carbonyl (C=O) groups excluding carboxylic acids is 3. The van der Waals surface area contributed by atoms with Gasteiger partial charge < -0.3 is 4.74 Å². The molecule has 8 heteroatoms. The number of Topliss-reactive ketones (excluding diaryl/α,β-unsaturated/α-hetero) is 1. The molecule has 0 unspecified atom stereocenters. The zero-order chi connectivity index (χ0) is 33.7. The smallest absolute Gasteiger partial charge is 0.373 e. The van der Waals surface area contributed by atoms with E-state index in [1.54, 1.807) is 30.4 Å². The third-order valence-electron chi connectivity index (χ3n) is 4.71. The van der Waals surface area contributed by atoms with Crippen LogP contribution in [0.25, 0.3) is 17.7 Å². The molecule has 7 nitrogen and oxygen atoms in total. The largest absolute Gasteiger partial charge is 0.496 e. The molecule has 184 valence electrons. The number of allylic oxidation sites excluding steroid dienone is 4. The van der Waals surface area contributed by atoms with Crippen molar-refractivity contribution in [3.8, 4) is 5.75 Å². The van der Waals surface area contributed by atoms with Gasteiger partial charge in [-0.2, -0.15) is 9.59 Å². The van der Waals surface area contributed by atoms with Gasteiger partial charge in [-0.3, -0.25) is 9.52 Å². The molecule has 1 N–H and O–H groups in total. The lowest BCUT2D eigenvalue weighted by atomic mass is 9.82. The van der Waals surface area contributed by atoms with Crippen molar-refractivity contribution in [2.45, 2.75) is 32.4 Å². The maximum Gasteiger partial charge on any atom is 0.373 e. The molecule has 2 aromatic carbocycles. The Bertz CT molecular complexity index is 1580. The maximum absolute atomic E-state index is 12.8. The van der Waals surface area contributed by atoms with Gasteiger partial charge in [-0.05, 0) is 40.8 Å². The van der Waals surface area contributed by atoms with Crippen LogP contribution in [-0.2, 0) is 29.8 Å². The van der Waals surface area contributed by atoms with Crippen molar-refractivity contribution in [2.75, 3.05) is 18.1 Å². The fraction of sp³-hybridized carbons (Fsp3) is 0.259. The Morgan fingerprint density at radius 2 is 1.77 bits per heavy atom. The third kappa shape index (κ3) is 7.91. The van der Waals surface area contributed by atoms with E-state index in [4.69, 9.17) is 26.7 Å². The Balaban J connectivity index is 0.00000216. The van der Waals surface area contributed by atoms with E-state index in [1.165, 1.54) is 37.5 Å². The molecule has 0 radical (unpaired) electrons. The molecule has 3 rings (SSSR count). The Labute approximate surface area is 218 Å². The number of rotatable bonds is 6. The minimum atomic E-state index is -3.55. The number of sulfonamides is 1. The summed E-state index contributed by atoms with van der Waals surface area (Å²) in [5.74, 6) is -0.613. The number of ether oxygens (including phenoxy) is 1. The Kier molecular flexibility index (Phi) is 5.57. The van der Waals surface area contributed by atoms with Crippen molar-refractivity contribution >= 4 is 45.4 Å². The number of hydrogen-bond acceptors (Lipinski definition) is 6. The molecular weight excluding hydrogens is 466 g/mol. The van der Waals surface area contributed by atoms with E-state index in [0.29, 0.717) is 11.3 Å². The van der Waals surface area contributed by atoms with Gasteiger partial charge in [0.05, 0.1) is 13.4 Å². The second-order valence-corrected chi connectivity index (χ2v) is 9.19. The van der Waals surface area contributed by atoms with E-state index in [0.717, 1.165) is 12.3 Å². The Hall–Kier alpha value is -3.74. The maximum atomic E-state index is 12.8. The summed E-state index contributed by atoms with van der Waals surface area (Å²) in [4.78, 5) is 29.0. The van der Waals surface area contributed by atoms with E-state index >= 15 is 0 Å². The van der Waals surface area contributed by atoms with Crippen LogP contribution in [0, 0.1) is 0 Å². The number of ketones is 1. The number of benzene rings is 2. The molecular formula is C27H29NO6S. The standard InChI is InChI=1S/C26H29NO4S.CO2/c1-26(2,3)23-17-20(22-8-6-7-9-24(22)28)16-19(25(23)31-4)13-10-18-11-14-21(15-12-18)27-32(5,29)30;2-1-3/h6-8,10-17,27H,9H2,1-5H3;/b13-10+;/i1D3,2D3,3D3;. The highest BCUT2D eigenvalue weighted by Crippen LogP contribution is 2.38. The molecule has 0 saturated carbocycles. The summed E-state index contributed by atoms with van der Waals surface area (Å²) in [5.41, 5.74) is -2.67. The van der Waals surface area contributed by atoms with E-state index in [1.807, 2.05) is 0 Å². The molecule has 0 amide bonds. The molecule has 0 atom stereocenters. The normalized spacial score (nSPS) is 18.4. The summed E-state index contributed by atoms with van der Waals surface area (Å²) in [5, 5.41) is 0. The monoisotopic (exact) mass is 504 g/mol. The average molecular weight is 505 g/mol. The average Bonchev–Trinajstić information content (AvgIpc) is 2.85. The zero-order valence-electron chi connectivity index (χ0n) is 27.9. The van der Waals surface area contributed by atoms with Crippen LogP contribution < -0.4 is 9.46 Å². The summed E-state index contributed by atoms with van der Waals surface area (Å²) in [6, 6.07) is 8.81. The van der Waals surface area contributed by atoms with Crippen molar-refractivity contribution < 1.29 is 39.9 Å². The highest BCUT2D eigenvalue weighted by molar-refractivity contribution is 7.92. The molecule has 0 fully saturated rings. The minimum Gasteiger partial charge on any atom is -0.496 e. The van der Waals surface area contributed by atoms with Crippen molar-refractivity contribution in [3.05, 3.63) is 76.9 Å². The number of carbonyl (C=O) groups is 1. The molecule has 0 bridgehead atoms. The topological polar surface area (TPSA) is 107 Å². The first kappa shape index (κ1) is 16.8. The highest BCUT2D eigenvalue weighted by Gasteiger charge is 2.24.